The summed E-state index contributed by atoms with van der Waals surface area (Å²) in [6.45, 7) is 3.61. The van der Waals surface area contributed by atoms with Gasteiger partial charge >= 0.3 is 0 Å². The van der Waals surface area contributed by atoms with Gasteiger partial charge in [-0.15, -0.1) is 11.3 Å². The molecule has 3 rings (SSSR count). The van der Waals surface area contributed by atoms with Gasteiger partial charge in [0, 0.05) is 24.4 Å². The number of amides is 1. The SMILES string of the molecule is CCc1csc(C2CCCN(C(=O)CC(O)c3ccccc3)C2)n1. The van der Waals surface area contributed by atoms with Gasteiger partial charge in [0.15, 0.2) is 0 Å². The summed E-state index contributed by atoms with van der Waals surface area (Å²) in [6.07, 6.45) is 2.45. The number of aliphatic hydroxyl groups excluding tert-OH is 1. The average Bonchev–Trinajstić information content (AvgIpc) is 3.12. The van der Waals surface area contributed by atoms with Crippen LogP contribution in [0.25, 0.3) is 0 Å². The van der Waals surface area contributed by atoms with E-state index in [0.29, 0.717) is 5.92 Å². The number of benzene rings is 1. The molecule has 2 aromatic rings. The Labute approximate surface area is 147 Å². The number of likely N-dealkylation sites (tertiary alicyclic amines) is 1. The van der Waals surface area contributed by atoms with Gasteiger partial charge in [0.25, 0.3) is 0 Å². The van der Waals surface area contributed by atoms with E-state index >= 15 is 0 Å². The van der Waals surface area contributed by atoms with Gasteiger partial charge in [-0.1, -0.05) is 37.3 Å². The van der Waals surface area contributed by atoms with Gasteiger partial charge in [0.1, 0.15) is 0 Å². The Balaban J connectivity index is 1.60. The molecule has 128 valence electrons. The first-order chi connectivity index (χ1) is 11.7. The maximum atomic E-state index is 12.6. The second-order valence-electron chi connectivity index (χ2n) is 6.34. The summed E-state index contributed by atoms with van der Waals surface area (Å²) < 4.78 is 0. The number of carbonyl (C=O) groups is 1. The molecule has 1 amide bonds. The normalized spacial score (nSPS) is 19.2. The van der Waals surface area contributed by atoms with E-state index in [4.69, 9.17) is 0 Å². The molecule has 0 aliphatic carbocycles. The third kappa shape index (κ3) is 4.02. The van der Waals surface area contributed by atoms with Crippen LogP contribution < -0.4 is 0 Å². The molecule has 0 saturated carbocycles. The molecule has 0 bridgehead atoms. The number of hydrogen-bond donors (Lipinski definition) is 1. The van der Waals surface area contributed by atoms with Gasteiger partial charge in [-0.05, 0) is 24.8 Å². The van der Waals surface area contributed by atoms with Crippen molar-refractivity contribution in [3.8, 4) is 0 Å². The Bertz CT molecular complexity index is 671. The van der Waals surface area contributed by atoms with E-state index in [1.54, 1.807) is 11.3 Å². The molecule has 1 aromatic carbocycles. The number of rotatable bonds is 5. The summed E-state index contributed by atoms with van der Waals surface area (Å²) in [7, 11) is 0. The number of aliphatic hydroxyl groups is 1. The van der Waals surface area contributed by atoms with Crippen molar-refractivity contribution < 1.29 is 9.90 Å². The number of carbonyl (C=O) groups excluding carboxylic acids is 1. The number of piperidine rings is 1. The molecule has 1 aliphatic rings. The van der Waals surface area contributed by atoms with E-state index in [-0.39, 0.29) is 12.3 Å². The predicted octanol–water partition coefficient (Wildman–Crippen LogP) is 3.54. The van der Waals surface area contributed by atoms with Crippen LogP contribution in [0.1, 0.15) is 54.5 Å². The third-order valence-corrected chi connectivity index (χ3v) is 5.66. The summed E-state index contributed by atoms with van der Waals surface area (Å²) in [5, 5.41) is 13.5. The van der Waals surface area contributed by atoms with Crippen LogP contribution in [-0.4, -0.2) is 34.0 Å². The minimum Gasteiger partial charge on any atom is -0.388 e. The van der Waals surface area contributed by atoms with E-state index in [2.05, 4.69) is 17.3 Å². The third-order valence-electron chi connectivity index (χ3n) is 4.61. The highest BCUT2D eigenvalue weighted by atomic mass is 32.1. The minimum atomic E-state index is -0.731. The smallest absolute Gasteiger partial charge is 0.225 e. The lowest BCUT2D eigenvalue weighted by Crippen LogP contribution is -2.39. The first-order valence-corrected chi connectivity index (χ1v) is 9.50. The fourth-order valence-corrected chi connectivity index (χ4v) is 4.20. The number of aryl methyl sites for hydroxylation is 1. The monoisotopic (exact) mass is 344 g/mol. The Morgan fingerprint density at radius 2 is 2.21 bits per heavy atom. The zero-order chi connectivity index (χ0) is 16.9. The Morgan fingerprint density at radius 1 is 1.42 bits per heavy atom. The minimum absolute atomic E-state index is 0.0309. The van der Waals surface area contributed by atoms with Crippen molar-refractivity contribution in [3.05, 3.63) is 52.0 Å². The molecule has 0 spiro atoms. The summed E-state index contributed by atoms with van der Waals surface area (Å²) in [4.78, 5) is 19.2. The molecule has 1 saturated heterocycles. The molecule has 1 N–H and O–H groups in total. The maximum Gasteiger partial charge on any atom is 0.225 e. The maximum absolute atomic E-state index is 12.6. The van der Waals surface area contributed by atoms with Crippen LogP contribution in [0.3, 0.4) is 0 Å². The quantitative estimate of drug-likeness (QED) is 0.903. The zero-order valence-corrected chi connectivity index (χ0v) is 14.8. The van der Waals surface area contributed by atoms with Crippen molar-refractivity contribution in [2.24, 2.45) is 0 Å². The van der Waals surface area contributed by atoms with Gasteiger partial charge in [0.2, 0.25) is 5.91 Å². The van der Waals surface area contributed by atoms with E-state index in [0.717, 1.165) is 48.6 Å². The van der Waals surface area contributed by atoms with E-state index in [1.807, 2.05) is 35.2 Å². The topological polar surface area (TPSA) is 53.4 Å². The summed E-state index contributed by atoms with van der Waals surface area (Å²) in [6, 6.07) is 9.39. The van der Waals surface area contributed by atoms with Crippen molar-refractivity contribution in [1.82, 2.24) is 9.88 Å². The highest BCUT2D eigenvalue weighted by Crippen LogP contribution is 2.30. The van der Waals surface area contributed by atoms with Crippen molar-refractivity contribution >= 4 is 17.2 Å². The molecule has 2 unspecified atom stereocenters. The van der Waals surface area contributed by atoms with Crippen LogP contribution in [0, 0.1) is 0 Å². The standard InChI is InChI=1S/C19H24N2O2S/c1-2-16-13-24-19(20-16)15-9-6-10-21(12-15)18(23)11-17(22)14-7-4-3-5-8-14/h3-5,7-8,13,15,17,22H,2,6,9-12H2,1H3. The molecular formula is C19H24N2O2S. The van der Waals surface area contributed by atoms with E-state index < -0.39 is 6.10 Å². The summed E-state index contributed by atoms with van der Waals surface area (Å²) >= 11 is 1.71. The Hall–Kier alpha value is -1.72. The molecule has 4 nitrogen and oxygen atoms in total. The van der Waals surface area contributed by atoms with Gasteiger partial charge in [-0.3, -0.25) is 4.79 Å². The zero-order valence-electron chi connectivity index (χ0n) is 14.0. The fraction of sp³-hybridized carbons (Fsp3) is 0.474. The molecule has 1 fully saturated rings. The van der Waals surface area contributed by atoms with Gasteiger partial charge in [-0.2, -0.15) is 0 Å². The summed E-state index contributed by atoms with van der Waals surface area (Å²) in [5.74, 6) is 0.366. The van der Waals surface area contributed by atoms with E-state index in [9.17, 15) is 9.90 Å². The lowest BCUT2D eigenvalue weighted by atomic mass is 9.97. The predicted molar refractivity (Wildman–Crippen MR) is 96.1 cm³/mol. The van der Waals surface area contributed by atoms with Crippen molar-refractivity contribution in [2.75, 3.05) is 13.1 Å². The highest BCUT2D eigenvalue weighted by Gasteiger charge is 2.27. The lowest BCUT2D eigenvalue weighted by Gasteiger charge is -2.32. The fourth-order valence-electron chi connectivity index (χ4n) is 3.17. The van der Waals surface area contributed by atoms with E-state index in [1.165, 1.54) is 0 Å². The molecule has 1 aliphatic heterocycles. The molecular weight excluding hydrogens is 320 g/mol. The second-order valence-corrected chi connectivity index (χ2v) is 7.23. The summed E-state index contributed by atoms with van der Waals surface area (Å²) in [5.41, 5.74) is 1.94. The molecule has 0 radical (unpaired) electrons. The van der Waals surface area contributed by atoms with Crippen LogP contribution in [0.15, 0.2) is 35.7 Å². The molecule has 5 heteroatoms. The molecule has 24 heavy (non-hydrogen) atoms. The van der Waals surface area contributed by atoms with Crippen molar-refractivity contribution in [2.45, 2.75) is 44.6 Å². The van der Waals surface area contributed by atoms with Crippen LogP contribution in [0.5, 0.6) is 0 Å². The van der Waals surface area contributed by atoms with Crippen LogP contribution >= 0.6 is 11.3 Å². The lowest BCUT2D eigenvalue weighted by molar-refractivity contribution is -0.134. The number of thiazole rings is 1. The Kier molecular flexibility index (Phi) is 5.63. The van der Waals surface area contributed by atoms with Crippen molar-refractivity contribution in [1.29, 1.82) is 0 Å². The average molecular weight is 344 g/mol. The van der Waals surface area contributed by atoms with Crippen LogP contribution in [0.4, 0.5) is 0 Å². The molecule has 2 heterocycles. The Morgan fingerprint density at radius 3 is 2.92 bits per heavy atom. The first kappa shape index (κ1) is 17.1. The van der Waals surface area contributed by atoms with Gasteiger partial charge in [0.05, 0.1) is 23.2 Å². The second kappa shape index (κ2) is 7.90. The molecule has 2 atom stereocenters. The van der Waals surface area contributed by atoms with Crippen LogP contribution in [0.2, 0.25) is 0 Å². The number of nitrogens with zero attached hydrogens (tertiary/aromatic N) is 2. The molecule has 1 aromatic heterocycles. The van der Waals surface area contributed by atoms with Gasteiger partial charge in [-0.25, -0.2) is 4.98 Å². The first-order valence-electron chi connectivity index (χ1n) is 8.62. The highest BCUT2D eigenvalue weighted by molar-refractivity contribution is 7.09. The van der Waals surface area contributed by atoms with Gasteiger partial charge < -0.3 is 10.0 Å². The number of aromatic nitrogens is 1. The van der Waals surface area contributed by atoms with Crippen LogP contribution in [-0.2, 0) is 11.2 Å². The largest absolute Gasteiger partial charge is 0.388 e. The number of hydrogen-bond acceptors (Lipinski definition) is 4. The van der Waals surface area contributed by atoms with Crippen molar-refractivity contribution in [3.63, 3.8) is 0 Å².